The molecule has 0 heterocycles. The van der Waals surface area contributed by atoms with Gasteiger partial charge in [-0.15, -0.1) is 0 Å². The number of nitro benzene ring substituents is 1. The first-order valence-electron chi connectivity index (χ1n) is 6.53. The topological polar surface area (TPSA) is 63.5 Å². The number of hydrogen-bond acceptors (Lipinski definition) is 3. The number of carbonyl (C=O) groups is 1. The van der Waals surface area contributed by atoms with Crippen molar-refractivity contribution in [3.05, 3.63) is 39.4 Å². The number of hydrogen-bond donors (Lipinski definition) is 0. The third-order valence-electron chi connectivity index (χ3n) is 3.79. The number of nitro groups is 1. The summed E-state index contributed by atoms with van der Waals surface area (Å²) >= 11 is 3.53. The fourth-order valence-corrected chi connectivity index (χ4v) is 3.59. The minimum atomic E-state index is -0.451. The largest absolute Gasteiger partial charge is 0.341 e. The number of amides is 1. The van der Waals surface area contributed by atoms with Crippen LogP contribution in [0, 0.1) is 23.0 Å². The second kappa shape index (κ2) is 5.91. The Morgan fingerprint density at radius 3 is 2.70 bits per heavy atom. The lowest BCUT2D eigenvalue weighted by Gasteiger charge is -2.34. The monoisotopic (exact) mass is 340 g/mol. The Bertz CT molecular complexity index is 541. The van der Waals surface area contributed by atoms with Crippen molar-refractivity contribution in [1.29, 1.82) is 0 Å². The summed E-state index contributed by atoms with van der Waals surface area (Å²) in [5.74, 6) is 0.372. The Hall–Kier alpha value is -1.43. The van der Waals surface area contributed by atoms with Crippen LogP contribution in [0.25, 0.3) is 0 Å². The normalized spacial score (nSPS) is 21.1. The molecule has 0 radical (unpaired) electrons. The predicted molar refractivity (Wildman–Crippen MR) is 80.2 cm³/mol. The molecular formula is C14H17BrN2O3. The van der Waals surface area contributed by atoms with Crippen molar-refractivity contribution < 1.29 is 9.72 Å². The molecule has 1 aromatic carbocycles. The minimum Gasteiger partial charge on any atom is -0.341 e. The number of benzene rings is 1. The van der Waals surface area contributed by atoms with Gasteiger partial charge in [-0.3, -0.25) is 14.9 Å². The van der Waals surface area contributed by atoms with Gasteiger partial charge < -0.3 is 4.90 Å². The average Bonchev–Trinajstić information content (AvgIpc) is 2.36. The zero-order valence-corrected chi connectivity index (χ0v) is 13.1. The second-order valence-electron chi connectivity index (χ2n) is 5.33. The Labute approximate surface area is 126 Å². The zero-order chi connectivity index (χ0) is 14.9. The summed E-state index contributed by atoms with van der Waals surface area (Å²) in [6.07, 6.45) is 2.15. The summed E-state index contributed by atoms with van der Waals surface area (Å²) in [7, 11) is 1.75. The fourth-order valence-electron chi connectivity index (χ4n) is 2.53. The summed E-state index contributed by atoms with van der Waals surface area (Å²) in [4.78, 5) is 25.1. The Morgan fingerprint density at radius 2 is 2.15 bits per heavy atom. The average molecular weight is 341 g/mol. The van der Waals surface area contributed by atoms with E-state index in [4.69, 9.17) is 0 Å². The van der Waals surface area contributed by atoms with E-state index in [9.17, 15) is 14.9 Å². The number of alkyl halides is 1. The molecular weight excluding hydrogens is 324 g/mol. The van der Waals surface area contributed by atoms with E-state index in [0.29, 0.717) is 28.4 Å². The molecule has 20 heavy (non-hydrogen) atoms. The molecule has 1 aromatic rings. The zero-order valence-electron chi connectivity index (χ0n) is 11.5. The maximum absolute atomic E-state index is 12.4. The smallest absolute Gasteiger partial charge is 0.273 e. The molecule has 1 aliphatic rings. The van der Waals surface area contributed by atoms with Gasteiger partial charge in [0.25, 0.3) is 11.6 Å². The molecule has 0 aromatic heterocycles. The molecule has 0 spiro atoms. The van der Waals surface area contributed by atoms with Gasteiger partial charge in [0.1, 0.15) is 0 Å². The van der Waals surface area contributed by atoms with Crippen molar-refractivity contribution in [2.75, 3.05) is 13.6 Å². The van der Waals surface area contributed by atoms with Crippen molar-refractivity contribution in [1.82, 2.24) is 4.90 Å². The van der Waals surface area contributed by atoms with Gasteiger partial charge in [-0.1, -0.05) is 22.0 Å². The molecule has 0 saturated heterocycles. The van der Waals surface area contributed by atoms with Gasteiger partial charge in [-0.25, -0.2) is 0 Å². The van der Waals surface area contributed by atoms with E-state index in [-0.39, 0.29) is 11.6 Å². The van der Waals surface area contributed by atoms with Crippen LogP contribution in [0.4, 0.5) is 5.69 Å². The Balaban J connectivity index is 2.12. The molecule has 1 aliphatic carbocycles. The molecule has 1 saturated carbocycles. The highest BCUT2D eigenvalue weighted by atomic mass is 79.9. The summed E-state index contributed by atoms with van der Waals surface area (Å²) in [6.45, 7) is 2.32. The van der Waals surface area contributed by atoms with E-state index >= 15 is 0 Å². The third-order valence-corrected chi connectivity index (χ3v) is 4.54. The first-order chi connectivity index (χ1) is 9.40. The van der Waals surface area contributed by atoms with Crippen molar-refractivity contribution >= 4 is 27.5 Å². The van der Waals surface area contributed by atoms with Gasteiger partial charge in [-0.05, 0) is 31.7 Å². The lowest BCUT2D eigenvalue weighted by Crippen LogP contribution is -2.38. The maximum atomic E-state index is 12.4. The fraction of sp³-hybridized carbons (Fsp3) is 0.500. The predicted octanol–water partition coefficient (Wildman–Crippen LogP) is 3.15. The molecule has 6 heteroatoms. The quantitative estimate of drug-likeness (QED) is 0.480. The summed E-state index contributed by atoms with van der Waals surface area (Å²) in [6, 6.07) is 4.63. The van der Waals surface area contributed by atoms with Crippen LogP contribution < -0.4 is 0 Å². The standard InChI is InChI=1S/C14H17BrN2O3/c1-9-12(4-3-5-13(9)17(19)20)14(18)16(2)8-10-6-11(15)7-10/h3-5,10-11H,6-8H2,1-2H3. The Morgan fingerprint density at radius 1 is 1.50 bits per heavy atom. The van der Waals surface area contributed by atoms with E-state index in [1.54, 1.807) is 31.0 Å². The lowest BCUT2D eigenvalue weighted by molar-refractivity contribution is -0.385. The highest BCUT2D eigenvalue weighted by Gasteiger charge is 2.29. The van der Waals surface area contributed by atoms with Crippen LogP contribution in [0.15, 0.2) is 18.2 Å². The summed E-state index contributed by atoms with van der Waals surface area (Å²) in [5.41, 5.74) is 0.839. The molecule has 0 N–H and O–H groups in total. The molecule has 1 fully saturated rings. The number of carbonyl (C=O) groups excluding carboxylic acids is 1. The second-order valence-corrected chi connectivity index (χ2v) is 6.62. The highest BCUT2D eigenvalue weighted by Crippen LogP contribution is 2.34. The van der Waals surface area contributed by atoms with Crippen LogP contribution in [-0.2, 0) is 0 Å². The van der Waals surface area contributed by atoms with E-state index < -0.39 is 4.92 Å². The van der Waals surface area contributed by atoms with Gasteiger partial charge >= 0.3 is 0 Å². The summed E-state index contributed by atoms with van der Waals surface area (Å²) < 4.78 is 0. The van der Waals surface area contributed by atoms with Crippen molar-refractivity contribution in [2.24, 2.45) is 5.92 Å². The van der Waals surface area contributed by atoms with Crippen LogP contribution in [-0.4, -0.2) is 34.2 Å². The molecule has 5 nitrogen and oxygen atoms in total. The van der Waals surface area contributed by atoms with E-state index in [1.165, 1.54) is 6.07 Å². The van der Waals surface area contributed by atoms with E-state index in [2.05, 4.69) is 15.9 Å². The van der Waals surface area contributed by atoms with Crippen LogP contribution in [0.2, 0.25) is 0 Å². The first kappa shape index (κ1) is 15.0. The minimum absolute atomic E-state index is 0.00610. The van der Waals surface area contributed by atoms with Gasteiger partial charge in [0, 0.05) is 35.6 Å². The number of nitrogens with zero attached hydrogens (tertiary/aromatic N) is 2. The molecule has 2 rings (SSSR count). The molecule has 1 amide bonds. The van der Waals surface area contributed by atoms with Crippen LogP contribution in [0.3, 0.4) is 0 Å². The van der Waals surface area contributed by atoms with Gasteiger partial charge in [0.05, 0.1) is 4.92 Å². The number of rotatable bonds is 4. The van der Waals surface area contributed by atoms with Gasteiger partial charge in [0.2, 0.25) is 0 Å². The van der Waals surface area contributed by atoms with E-state index in [0.717, 1.165) is 12.8 Å². The molecule has 0 bridgehead atoms. The van der Waals surface area contributed by atoms with Crippen molar-refractivity contribution in [3.63, 3.8) is 0 Å². The maximum Gasteiger partial charge on any atom is 0.273 e. The van der Waals surface area contributed by atoms with Crippen molar-refractivity contribution in [2.45, 2.75) is 24.6 Å². The van der Waals surface area contributed by atoms with Crippen LogP contribution in [0.5, 0.6) is 0 Å². The molecule has 0 aliphatic heterocycles. The van der Waals surface area contributed by atoms with Crippen LogP contribution in [0.1, 0.15) is 28.8 Å². The highest BCUT2D eigenvalue weighted by molar-refractivity contribution is 9.09. The van der Waals surface area contributed by atoms with Gasteiger partial charge in [-0.2, -0.15) is 0 Å². The molecule has 108 valence electrons. The molecule has 0 atom stereocenters. The van der Waals surface area contributed by atoms with Crippen LogP contribution >= 0.6 is 15.9 Å². The first-order valence-corrected chi connectivity index (χ1v) is 7.45. The molecule has 0 unspecified atom stereocenters. The summed E-state index contributed by atoms with van der Waals surface area (Å²) in [5, 5.41) is 10.9. The SMILES string of the molecule is Cc1c(C(=O)N(C)CC2CC(Br)C2)cccc1[N+](=O)[O-]. The van der Waals surface area contributed by atoms with Gasteiger partial charge in [0.15, 0.2) is 0 Å². The lowest BCUT2D eigenvalue weighted by atomic mass is 9.85. The van der Waals surface area contributed by atoms with Crippen molar-refractivity contribution in [3.8, 4) is 0 Å². The third kappa shape index (κ3) is 3.00. The number of halogens is 1. The Kier molecular flexibility index (Phi) is 4.42. The van der Waals surface area contributed by atoms with E-state index in [1.807, 2.05) is 0 Å².